The molecule has 20 heavy (non-hydrogen) atoms. The lowest BCUT2D eigenvalue weighted by molar-refractivity contribution is 0.0437. The first-order chi connectivity index (χ1) is 9.19. The summed E-state index contributed by atoms with van der Waals surface area (Å²) in [5.41, 5.74) is -0.192. The van der Waals surface area contributed by atoms with Crippen LogP contribution >= 0.6 is 0 Å². The number of hydrogen-bond acceptors (Lipinski definition) is 4. The normalized spacial score (nSPS) is 14.8. The van der Waals surface area contributed by atoms with Crippen LogP contribution in [0.3, 0.4) is 0 Å². The number of hydrogen-bond donors (Lipinski definition) is 2. The molecular weight excluding hydrogens is 254 g/mol. The molecule has 4 heteroatoms. The molecule has 0 amide bonds. The summed E-state index contributed by atoms with van der Waals surface area (Å²) in [5, 5.41) is 14.1. The first-order valence-electron chi connectivity index (χ1n) is 6.89. The maximum absolute atomic E-state index is 10.7. The fraction of sp³-hybridized carbons (Fsp3) is 0.625. The van der Waals surface area contributed by atoms with Gasteiger partial charge < -0.3 is 19.9 Å². The van der Waals surface area contributed by atoms with Gasteiger partial charge in [0.2, 0.25) is 0 Å². The lowest BCUT2D eigenvalue weighted by Crippen LogP contribution is -2.39. The fourth-order valence-electron chi connectivity index (χ4n) is 2.05. The topological polar surface area (TPSA) is 50.7 Å². The molecule has 0 fully saturated rings. The summed E-state index contributed by atoms with van der Waals surface area (Å²) >= 11 is 0. The zero-order valence-electron chi connectivity index (χ0n) is 13.4. The van der Waals surface area contributed by atoms with Crippen LogP contribution in [0.5, 0.6) is 11.5 Å². The average Bonchev–Trinajstić information content (AvgIpc) is 2.36. The van der Waals surface area contributed by atoms with Gasteiger partial charge in [0.05, 0.1) is 19.8 Å². The minimum atomic E-state index is -0.974. The van der Waals surface area contributed by atoms with Gasteiger partial charge in [-0.05, 0) is 58.9 Å². The molecule has 0 spiro atoms. The van der Waals surface area contributed by atoms with E-state index in [1.807, 2.05) is 18.2 Å². The monoisotopic (exact) mass is 281 g/mol. The van der Waals surface area contributed by atoms with E-state index in [1.54, 1.807) is 21.1 Å². The number of rotatable bonds is 6. The van der Waals surface area contributed by atoms with E-state index < -0.39 is 5.60 Å². The maximum Gasteiger partial charge on any atom is 0.125 e. The molecule has 1 aromatic carbocycles. The molecule has 0 aliphatic carbocycles. The Morgan fingerprint density at radius 3 is 2.25 bits per heavy atom. The van der Waals surface area contributed by atoms with Crippen molar-refractivity contribution in [2.45, 2.75) is 45.3 Å². The van der Waals surface area contributed by atoms with Crippen molar-refractivity contribution in [2.24, 2.45) is 0 Å². The molecule has 1 aromatic rings. The molecule has 1 atom stereocenters. The van der Waals surface area contributed by atoms with Crippen LogP contribution in [-0.2, 0) is 5.60 Å². The van der Waals surface area contributed by atoms with Crippen LogP contribution in [0.15, 0.2) is 18.2 Å². The van der Waals surface area contributed by atoms with Gasteiger partial charge in [0, 0.05) is 11.1 Å². The van der Waals surface area contributed by atoms with Crippen LogP contribution in [0.4, 0.5) is 0 Å². The highest BCUT2D eigenvalue weighted by atomic mass is 16.5. The van der Waals surface area contributed by atoms with Gasteiger partial charge in [0.1, 0.15) is 11.5 Å². The first kappa shape index (κ1) is 16.8. The molecule has 1 unspecified atom stereocenters. The van der Waals surface area contributed by atoms with Crippen LogP contribution in [0.25, 0.3) is 0 Å². The zero-order chi connectivity index (χ0) is 15.4. The van der Waals surface area contributed by atoms with Gasteiger partial charge in [0.25, 0.3) is 0 Å². The molecule has 2 N–H and O–H groups in total. The third-order valence-electron chi connectivity index (χ3n) is 3.25. The molecule has 0 heterocycles. The minimum Gasteiger partial charge on any atom is -0.497 e. The van der Waals surface area contributed by atoms with E-state index in [0.29, 0.717) is 17.9 Å². The molecule has 0 saturated carbocycles. The van der Waals surface area contributed by atoms with Crippen LogP contribution in [0, 0.1) is 0 Å². The second-order valence-electron chi connectivity index (χ2n) is 6.27. The number of ether oxygens (including phenoxy) is 2. The number of nitrogens with one attached hydrogen (secondary N) is 1. The SMILES string of the molecule is COc1ccc(OC)c(C(C)(O)CCNC(C)(C)C)c1. The first-order valence-corrected chi connectivity index (χ1v) is 6.89. The Kier molecular flexibility index (Phi) is 5.42. The Morgan fingerprint density at radius 2 is 1.75 bits per heavy atom. The lowest BCUT2D eigenvalue weighted by atomic mass is 9.91. The highest BCUT2D eigenvalue weighted by Gasteiger charge is 2.27. The standard InChI is InChI=1S/C16H27NO3/c1-15(2,3)17-10-9-16(4,18)13-11-12(19-5)7-8-14(13)20-6/h7-8,11,17-18H,9-10H2,1-6H3. The van der Waals surface area contributed by atoms with Gasteiger partial charge in [-0.15, -0.1) is 0 Å². The molecule has 0 saturated heterocycles. The van der Waals surface area contributed by atoms with E-state index in [0.717, 1.165) is 12.1 Å². The summed E-state index contributed by atoms with van der Waals surface area (Å²) in [5.74, 6) is 1.39. The van der Waals surface area contributed by atoms with Gasteiger partial charge in [-0.1, -0.05) is 0 Å². The van der Waals surface area contributed by atoms with E-state index in [2.05, 4.69) is 26.1 Å². The van der Waals surface area contributed by atoms with Crippen LogP contribution < -0.4 is 14.8 Å². The average molecular weight is 281 g/mol. The summed E-state index contributed by atoms with van der Waals surface area (Å²) in [7, 11) is 3.22. The van der Waals surface area contributed by atoms with Crippen LogP contribution in [0.1, 0.15) is 39.7 Å². The van der Waals surface area contributed by atoms with Crippen molar-refractivity contribution >= 4 is 0 Å². The molecule has 0 bridgehead atoms. The molecule has 0 aliphatic rings. The summed E-state index contributed by atoms with van der Waals surface area (Å²) < 4.78 is 10.6. The van der Waals surface area contributed by atoms with E-state index in [9.17, 15) is 5.11 Å². The Labute approximate surface area is 122 Å². The Hall–Kier alpha value is -1.26. The third kappa shape index (κ3) is 4.69. The van der Waals surface area contributed by atoms with Gasteiger partial charge in [0.15, 0.2) is 0 Å². The second kappa shape index (κ2) is 6.46. The van der Waals surface area contributed by atoms with Crippen LogP contribution in [-0.4, -0.2) is 31.4 Å². The Balaban J connectivity index is 2.89. The Bertz CT molecular complexity index is 436. The predicted octanol–water partition coefficient (Wildman–Crippen LogP) is 2.69. The smallest absolute Gasteiger partial charge is 0.125 e. The predicted molar refractivity (Wildman–Crippen MR) is 81.5 cm³/mol. The molecule has 0 aromatic heterocycles. The van der Waals surface area contributed by atoms with Crippen molar-refractivity contribution in [1.82, 2.24) is 5.32 Å². The number of aliphatic hydroxyl groups is 1. The fourth-order valence-corrected chi connectivity index (χ4v) is 2.05. The minimum absolute atomic E-state index is 0.0363. The quantitative estimate of drug-likeness (QED) is 0.842. The van der Waals surface area contributed by atoms with Crippen LogP contribution in [0.2, 0.25) is 0 Å². The van der Waals surface area contributed by atoms with Crippen molar-refractivity contribution in [1.29, 1.82) is 0 Å². The molecule has 0 radical (unpaired) electrons. The Morgan fingerprint density at radius 1 is 1.10 bits per heavy atom. The third-order valence-corrected chi connectivity index (χ3v) is 3.25. The number of benzene rings is 1. The number of methoxy groups -OCH3 is 2. The van der Waals surface area contributed by atoms with E-state index in [1.165, 1.54) is 0 Å². The van der Waals surface area contributed by atoms with Gasteiger partial charge in [-0.25, -0.2) is 0 Å². The van der Waals surface area contributed by atoms with Gasteiger partial charge >= 0.3 is 0 Å². The molecular formula is C16H27NO3. The van der Waals surface area contributed by atoms with Crippen molar-refractivity contribution in [3.63, 3.8) is 0 Å². The summed E-state index contributed by atoms with van der Waals surface area (Å²) in [4.78, 5) is 0. The van der Waals surface area contributed by atoms with Crippen molar-refractivity contribution in [2.75, 3.05) is 20.8 Å². The highest BCUT2D eigenvalue weighted by Crippen LogP contribution is 2.35. The van der Waals surface area contributed by atoms with E-state index >= 15 is 0 Å². The second-order valence-corrected chi connectivity index (χ2v) is 6.27. The van der Waals surface area contributed by atoms with Crippen molar-refractivity contribution in [3.05, 3.63) is 23.8 Å². The molecule has 4 nitrogen and oxygen atoms in total. The molecule has 1 rings (SSSR count). The van der Waals surface area contributed by atoms with Crippen molar-refractivity contribution in [3.8, 4) is 11.5 Å². The van der Waals surface area contributed by atoms with Crippen molar-refractivity contribution < 1.29 is 14.6 Å². The molecule has 114 valence electrons. The maximum atomic E-state index is 10.7. The van der Waals surface area contributed by atoms with Gasteiger partial charge in [-0.3, -0.25) is 0 Å². The molecule has 0 aliphatic heterocycles. The summed E-state index contributed by atoms with van der Waals surface area (Å²) in [6.45, 7) is 8.83. The summed E-state index contributed by atoms with van der Waals surface area (Å²) in [6, 6.07) is 5.47. The highest BCUT2D eigenvalue weighted by molar-refractivity contribution is 5.43. The summed E-state index contributed by atoms with van der Waals surface area (Å²) in [6.07, 6.45) is 0.591. The van der Waals surface area contributed by atoms with E-state index in [-0.39, 0.29) is 5.54 Å². The largest absolute Gasteiger partial charge is 0.497 e. The van der Waals surface area contributed by atoms with E-state index in [4.69, 9.17) is 9.47 Å². The van der Waals surface area contributed by atoms with Gasteiger partial charge in [-0.2, -0.15) is 0 Å². The zero-order valence-corrected chi connectivity index (χ0v) is 13.4. The lowest BCUT2D eigenvalue weighted by Gasteiger charge is -2.28.